The van der Waals surface area contributed by atoms with E-state index in [0.29, 0.717) is 10.2 Å². The maximum Gasteiger partial charge on any atom is 0.335 e. The fourth-order valence-corrected chi connectivity index (χ4v) is 1.48. The normalized spacial score (nSPS) is 9.94. The molecule has 6 heteroatoms. The van der Waals surface area contributed by atoms with Crippen LogP contribution in [-0.4, -0.2) is 21.0 Å². The molecule has 0 aliphatic carbocycles. The molecule has 0 radical (unpaired) electrons. The highest BCUT2D eigenvalue weighted by Crippen LogP contribution is 2.28. The summed E-state index contributed by atoms with van der Waals surface area (Å²) in [5.41, 5.74) is 0.138. The number of carboxylic acids is 1. The van der Waals surface area contributed by atoms with Gasteiger partial charge in [-0.15, -0.1) is 0 Å². The molecule has 1 heterocycles. The second-order valence-corrected chi connectivity index (χ2v) is 3.94. The van der Waals surface area contributed by atoms with Crippen LogP contribution in [0.5, 0.6) is 11.8 Å². The van der Waals surface area contributed by atoms with E-state index in [1.54, 1.807) is 12.1 Å². The number of nitrogens with zero attached hydrogens (tertiary/aromatic N) is 2. The molecular formula is C11H7BrN2O3. The molecule has 0 atom stereocenters. The third-order valence-corrected chi connectivity index (χ3v) is 2.58. The molecule has 0 fully saturated rings. The standard InChI is InChI=1S/C11H7BrN2O3/c12-8-3-2-7(10(15)16)6-9(8)17-11-13-4-1-5-14-11/h1-6H,(H,15,16). The highest BCUT2D eigenvalue weighted by Gasteiger charge is 2.09. The number of benzene rings is 1. The topological polar surface area (TPSA) is 72.3 Å². The van der Waals surface area contributed by atoms with E-state index >= 15 is 0 Å². The van der Waals surface area contributed by atoms with Crippen LogP contribution in [0.2, 0.25) is 0 Å². The molecule has 17 heavy (non-hydrogen) atoms. The minimum atomic E-state index is -1.02. The highest BCUT2D eigenvalue weighted by molar-refractivity contribution is 9.10. The van der Waals surface area contributed by atoms with Crippen LogP contribution in [-0.2, 0) is 0 Å². The zero-order valence-electron chi connectivity index (χ0n) is 8.50. The summed E-state index contributed by atoms with van der Waals surface area (Å²) in [6.45, 7) is 0. The van der Waals surface area contributed by atoms with Gasteiger partial charge in [-0.25, -0.2) is 14.8 Å². The van der Waals surface area contributed by atoms with Crippen molar-refractivity contribution >= 4 is 21.9 Å². The van der Waals surface area contributed by atoms with E-state index in [9.17, 15) is 4.79 Å². The number of rotatable bonds is 3. The largest absolute Gasteiger partial charge is 0.478 e. The fraction of sp³-hybridized carbons (Fsp3) is 0. The first-order valence-corrected chi connectivity index (χ1v) is 5.44. The first-order chi connectivity index (χ1) is 8.16. The van der Waals surface area contributed by atoms with Gasteiger partial charge in [0.2, 0.25) is 0 Å². The van der Waals surface area contributed by atoms with Gasteiger partial charge in [-0.2, -0.15) is 0 Å². The lowest BCUT2D eigenvalue weighted by Gasteiger charge is -2.06. The molecule has 0 aliphatic rings. The van der Waals surface area contributed by atoms with Gasteiger partial charge in [-0.05, 0) is 40.2 Å². The van der Waals surface area contributed by atoms with Crippen LogP contribution in [0.15, 0.2) is 41.1 Å². The SMILES string of the molecule is O=C(O)c1ccc(Br)c(Oc2ncccn2)c1. The number of ether oxygens (including phenoxy) is 1. The summed E-state index contributed by atoms with van der Waals surface area (Å²) >= 11 is 3.26. The van der Waals surface area contributed by atoms with E-state index in [-0.39, 0.29) is 11.6 Å². The number of hydrogen-bond donors (Lipinski definition) is 1. The van der Waals surface area contributed by atoms with Crippen molar-refractivity contribution in [2.45, 2.75) is 0 Å². The van der Waals surface area contributed by atoms with Crippen LogP contribution in [0, 0.1) is 0 Å². The second-order valence-electron chi connectivity index (χ2n) is 3.08. The van der Waals surface area contributed by atoms with Crippen molar-refractivity contribution in [3.8, 4) is 11.8 Å². The molecule has 86 valence electrons. The van der Waals surface area contributed by atoms with Gasteiger partial charge in [-0.1, -0.05) is 0 Å². The lowest BCUT2D eigenvalue weighted by Crippen LogP contribution is -1.98. The Morgan fingerprint density at radius 2 is 2.00 bits per heavy atom. The Morgan fingerprint density at radius 3 is 2.65 bits per heavy atom. The van der Waals surface area contributed by atoms with Gasteiger partial charge in [0.1, 0.15) is 5.75 Å². The van der Waals surface area contributed by atoms with Crippen molar-refractivity contribution in [2.24, 2.45) is 0 Å². The zero-order valence-corrected chi connectivity index (χ0v) is 10.1. The lowest BCUT2D eigenvalue weighted by atomic mass is 10.2. The van der Waals surface area contributed by atoms with Gasteiger partial charge >= 0.3 is 12.0 Å². The summed E-state index contributed by atoms with van der Waals surface area (Å²) in [5, 5.41) is 8.86. The molecule has 1 N–H and O–H groups in total. The lowest BCUT2D eigenvalue weighted by molar-refractivity contribution is 0.0696. The predicted molar refractivity (Wildman–Crippen MR) is 63.2 cm³/mol. The number of carbonyl (C=O) groups is 1. The van der Waals surface area contributed by atoms with Crippen LogP contribution >= 0.6 is 15.9 Å². The molecule has 5 nitrogen and oxygen atoms in total. The summed E-state index contributed by atoms with van der Waals surface area (Å²) in [4.78, 5) is 18.6. The van der Waals surface area contributed by atoms with Crippen molar-refractivity contribution in [1.29, 1.82) is 0 Å². The van der Waals surface area contributed by atoms with Crippen LogP contribution in [0.4, 0.5) is 0 Å². The first-order valence-electron chi connectivity index (χ1n) is 4.64. The van der Waals surface area contributed by atoms with Gasteiger partial charge in [0.15, 0.2) is 0 Å². The Hall–Kier alpha value is -1.95. The molecule has 0 amide bonds. The molecule has 0 bridgehead atoms. The smallest absolute Gasteiger partial charge is 0.335 e. The molecule has 2 aromatic rings. The van der Waals surface area contributed by atoms with E-state index < -0.39 is 5.97 Å². The molecular weight excluding hydrogens is 288 g/mol. The average molecular weight is 295 g/mol. The predicted octanol–water partition coefficient (Wildman–Crippen LogP) is 2.73. The van der Waals surface area contributed by atoms with Crippen LogP contribution in [0.1, 0.15) is 10.4 Å². The molecule has 2 rings (SSSR count). The molecule has 0 spiro atoms. The second kappa shape index (κ2) is 4.92. The number of halogens is 1. The quantitative estimate of drug-likeness (QED) is 0.942. The van der Waals surface area contributed by atoms with Crippen molar-refractivity contribution in [3.05, 3.63) is 46.7 Å². The van der Waals surface area contributed by atoms with E-state index in [2.05, 4.69) is 25.9 Å². The Kier molecular flexibility index (Phi) is 3.34. The third kappa shape index (κ3) is 2.79. The first kappa shape index (κ1) is 11.5. The van der Waals surface area contributed by atoms with Gasteiger partial charge in [0.25, 0.3) is 0 Å². The minimum absolute atomic E-state index is 0.138. The number of hydrogen-bond acceptors (Lipinski definition) is 4. The van der Waals surface area contributed by atoms with E-state index in [4.69, 9.17) is 9.84 Å². The monoisotopic (exact) mass is 294 g/mol. The molecule has 0 unspecified atom stereocenters. The van der Waals surface area contributed by atoms with Crippen molar-refractivity contribution in [2.75, 3.05) is 0 Å². The average Bonchev–Trinajstić information content (AvgIpc) is 2.33. The Balaban J connectivity index is 2.32. The summed E-state index contributed by atoms with van der Waals surface area (Å²) < 4.78 is 6.00. The fourth-order valence-electron chi connectivity index (χ4n) is 1.15. The molecule has 0 saturated carbocycles. The molecule has 1 aromatic carbocycles. The third-order valence-electron chi connectivity index (χ3n) is 1.92. The van der Waals surface area contributed by atoms with E-state index in [1.165, 1.54) is 24.5 Å². The van der Waals surface area contributed by atoms with Crippen molar-refractivity contribution in [1.82, 2.24) is 9.97 Å². The van der Waals surface area contributed by atoms with Gasteiger partial charge < -0.3 is 9.84 Å². The number of carboxylic acid groups (broad SMARTS) is 1. The van der Waals surface area contributed by atoms with Gasteiger partial charge in [0.05, 0.1) is 10.0 Å². The number of aromatic carboxylic acids is 1. The zero-order chi connectivity index (χ0) is 12.3. The Bertz CT molecular complexity index is 546. The van der Waals surface area contributed by atoms with E-state index in [1.807, 2.05) is 0 Å². The highest BCUT2D eigenvalue weighted by atomic mass is 79.9. The summed E-state index contributed by atoms with van der Waals surface area (Å²) in [5.74, 6) is -0.660. The van der Waals surface area contributed by atoms with Gasteiger partial charge in [-0.3, -0.25) is 0 Å². The summed E-state index contributed by atoms with van der Waals surface area (Å²) in [6.07, 6.45) is 3.08. The molecule has 0 aliphatic heterocycles. The summed E-state index contributed by atoms with van der Waals surface area (Å²) in [7, 11) is 0. The van der Waals surface area contributed by atoms with E-state index in [0.717, 1.165) is 0 Å². The minimum Gasteiger partial charge on any atom is -0.478 e. The van der Waals surface area contributed by atoms with Crippen LogP contribution in [0.3, 0.4) is 0 Å². The van der Waals surface area contributed by atoms with Crippen LogP contribution in [0.25, 0.3) is 0 Å². The summed E-state index contributed by atoms with van der Waals surface area (Å²) in [6, 6.07) is 6.31. The Morgan fingerprint density at radius 1 is 1.29 bits per heavy atom. The maximum absolute atomic E-state index is 10.8. The van der Waals surface area contributed by atoms with Crippen molar-refractivity contribution in [3.63, 3.8) is 0 Å². The van der Waals surface area contributed by atoms with Crippen LogP contribution < -0.4 is 4.74 Å². The maximum atomic E-state index is 10.8. The van der Waals surface area contributed by atoms with Gasteiger partial charge in [0, 0.05) is 12.4 Å². The Labute approximate surface area is 105 Å². The number of aromatic nitrogens is 2. The molecule has 1 aromatic heterocycles. The molecule has 0 saturated heterocycles. The van der Waals surface area contributed by atoms with Crippen molar-refractivity contribution < 1.29 is 14.6 Å².